The first-order valence-corrected chi connectivity index (χ1v) is 11.0. The van der Waals surface area contributed by atoms with Gasteiger partial charge >= 0.3 is 0 Å². The Hall–Kier alpha value is -3.28. The van der Waals surface area contributed by atoms with Crippen LogP contribution in [0.4, 0.5) is 11.4 Å². The smallest absolute Gasteiger partial charge is 0.258 e. The molecular weight excluding hydrogens is 422 g/mol. The molecule has 1 amide bonds. The number of halogens is 1. The molecule has 0 fully saturated rings. The van der Waals surface area contributed by atoms with E-state index in [9.17, 15) is 4.79 Å². The normalized spacial score (nSPS) is 15.8. The number of fused-ring (bicyclic) bond motifs is 2. The second kappa shape index (κ2) is 8.34. The van der Waals surface area contributed by atoms with E-state index in [1.807, 2.05) is 36.4 Å². The number of carbonyl (C=O) groups is 1. The average Bonchev–Trinajstić information content (AvgIpc) is 3.35. The van der Waals surface area contributed by atoms with Crippen LogP contribution in [0, 0.1) is 0 Å². The minimum Gasteiger partial charge on any atom is -0.493 e. The summed E-state index contributed by atoms with van der Waals surface area (Å²) in [6.07, 6.45) is 0.864. The van der Waals surface area contributed by atoms with Crippen LogP contribution in [0.2, 0.25) is 5.02 Å². The van der Waals surface area contributed by atoms with Crippen molar-refractivity contribution in [1.82, 2.24) is 4.90 Å². The van der Waals surface area contributed by atoms with E-state index < -0.39 is 0 Å². The highest BCUT2D eigenvalue weighted by atomic mass is 35.5. The highest BCUT2D eigenvalue weighted by molar-refractivity contribution is 6.38. The second-order valence-corrected chi connectivity index (χ2v) is 8.81. The quantitative estimate of drug-likeness (QED) is 0.525. The van der Waals surface area contributed by atoms with Crippen molar-refractivity contribution in [2.75, 3.05) is 31.3 Å². The van der Waals surface area contributed by atoms with E-state index >= 15 is 0 Å². The van der Waals surface area contributed by atoms with Crippen molar-refractivity contribution in [3.05, 3.63) is 87.9 Å². The molecule has 0 unspecified atom stereocenters. The molecule has 2 aliphatic heterocycles. The summed E-state index contributed by atoms with van der Waals surface area (Å²) in [5.74, 6) is 0.764. The number of nitrogens with one attached hydrogen (secondary N) is 2. The standard InChI is InChI=1S/C26H24ClN3O2/c1-30(2)15-16-3-7-20(8-4-16)28-25(18-5-10-23-17(13-18)11-12-32-23)24-21-9-6-19(27)14-22(21)29-26(24)31/h3-10,13-14,28H,11-12,15H2,1-2H3,(H,29,31)/b25-24-. The Kier molecular flexibility index (Phi) is 5.37. The molecule has 2 heterocycles. The fraction of sp³-hybridized carbons (Fsp3) is 0.192. The van der Waals surface area contributed by atoms with E-state index in [4.69, 9.17) is 16.3 Å². The summed E-state index contributed by atoms with van der Waals surface area (Å²) in [5.41, 5.74) is 7.17. The molecule has 0 atom stereocenters. The van der Waals surface area contributed by atoms with Gasteiger partial charge in [0.05, 0.1) is 23.6 Å². The van der Waals surface area contributed by atoms with Gasteiger partial charge in [-0.15, -0.1) is 0 Å². The van der Waals surface area contributed by atoms with E-state index in [2.05, 4.69) is 47.8 Å². The Morgan fingerprint density at radius 2 is 1.91 bits per heavy atom. The molecule has 2 aliphatic rings. The number of amides is 1. The van der Waals surface area contributed by atoms with E-state index in [1.54, 1.807) is 6.07 Å². The Bertz CT molecular complexity index is 1230. The largest absolute Gasteiger partial charge is 0.493 e. The second-order valence-electron chi connectivity index (χ2n) is 8.37. The number of anilines is 2. The van der Waals surface area contributed by atoms with E-state index in [1.165, 1.54) is 5.56 Å². The predicted molar refractivity (Wildman–Crippen MR) is 130 cm³/mol. The fourth-order valence-corrected chi connectivity index (χ4v) is 4.39. The van der Waals surface area contributed by atoms with Gasteiger partial charge in [-0.3, -0.25) is 4.79 Å². The van der Waals surface area contributed by atoms with Crippen molar-refractivity contribution in [3.8, 4) is 5.75 Å². The molecule has 162 valence electrons. The number of benzene rings is 3. The number of nitrogens with zero attached hydrogens (tertiary/aromatic N) is 1. The predicted octanol–water partition coefficient (Wildman–Crippen LogP) is 5.27. The molecule has 0 spiro atoms. The van der Waals surface area contributed by atoms with Crippen LogP contribution in [0.3, 0.4) is 0 Å². The fourth-order valence-electron chi connectivity index (χ4n) is 4.22. The SMILES string of the molecule is CN(C)Cc1ccc(N/C(=C2\C(=O)Nc3cc(Cl)ccc32)c2ccc3c(c2)CCO3)cc1. The topological polar surface area (TPSA) is 53.6 Å². The van der Waals surface area contributed by atoms with E-state index in [0.717, 1.165) is 52.5 Å². The summed E-state index contributed by atoms with van der Waals surface area (Å²) >= 11 is 6.16. The zero-order chi connectivity index (χ0) is 22.2. The lowest BCUT2D eigenvalue weighted by Gasteiger charge is -2.16. The van der Waals surface area contributed by atoms with Gasteiger partial charge in [-0.1, -0.05) is 29.8 Å². The molecule has 5 rings (SSSR count). The minimum atomic E-state index is -0.147. The van der Waals surface area contributed by atoms with Gasteiger partial charge in [-0.25, -0.2) is 0 Å². The number of carbonyl (C=O) groups excluding carboxylic acids is 1. The van der Waals surface area contributed by atoms with Crippen LogP contribution < -0.4 is 15.4 Å². The number of hydrogen-bond acceptors (Lipinski definition) is 4. The highest BCUT2D eigenvalue weighted by Crippen LogP contribution is 2.40. The summed E-state index contributed by atoms with van der Waals surface area (Å²) < 4.78 is 5.68. The molecule has 2 N–H and O–H groups in total. The molecule has 3 aromatic rings. The van der Waals surface area contributed by atoms with Crippen LogP contribution in [-0.4, -0.2) is 31.5 Å². The lowest BCUT2D eigenvalue weighted by molar-refractivity contribution is -0.110. The first-order chi connectivity index (χ1) is 15.5. The van der Waals surface area contributed by atoms with Crippen LogP contribution >= 0.6 is 11.6 Å². The zero-order valence-corrected chi connectivity index (χ0v) is 18.8. The molecule has 0 radical (unpaired) electrons. The van der Waals surface area contributed by atoms with Crippen LogP contribution in [-0.2, 0) is 17.8 Å². The Balaban J connectivity index is 1.61. The minimum absolute atomic E-state index is 0.147. The summed E-state index contributed by atoms with van der Waals surface area (Å²) in [6.45, 7) is 1.56. The third kappa shape index (κ3) is 3.97. The summed E-state index contributed by atoms with van der Waals surface area (Å²) in [4.78, 5) is 15.2. The average molecular weight is 446 g/mol. The Morgan fingerprint density at radius 3 is 2.69 bits per heavy atom. The van der Waals surface area contributed by atoms with Crippen molar-refractivity contribution in [2.24, 2.45) is 0 Å². The molecule has 0 bridgehead atoms. The number of ether oxygens (including phenoxy) is 1. The van der Waals surface area contributed by atoms with E-state index in [-0.39, 0.29) is 5.91 Å². The van der Waals surface area contributed by atoms with Gasteiger partial charge in [0.1, 0.15) is 5.75 Å². The van der Waals surface area contributed by atoms with Gasteiger partial charge < -0.3 is 20.3 Å². The summed E-state index contributed by atoms with van der Waals surface area (Å²) in [7, 11) is 4.10. The Labute approximate surface area is 192 Å². The monoisotopic (exact) mass is 445 g/mol. The first-order valence-electron chi connectivity index (χ1n) is 10.6. The molecule has 0 aromatic heterocycles. The van der Waals surface area contributed by atoms with Crippen molar-refractivity contribution in [2.45, 2.75) is 13.0 Å². The molecule has 3 aromatic carbocycles. The molecule has 0 saturated heterocycles. The molecule has 32 heavy (non-hydrogen) atoms. The molecule has 0 saturated carbocycles. The molecular formula is C26H24ClN3O2. The lowest BCUT2D eigenvalue weighted by atomic mass is 9.98. The third-order valence-corrected chi connectivity index (χ3v) is 5.91. The lowest BCUT2D eigenvalue weighted by Crippen LogP contribution is -2.11. The van der Waals surface area contributed by atoms with Gasteiger partial charge in [0.15, 0.2) is 0 Å². The summed E-state index contributed by atoms with van der Waals surface area (Å²) in [5, 5.41) is 7.07. The number of rotatable bonds is 5. The van der Waals surface area contributed by atoms with Crippen LogP contribution in [0.1, 0.15) is 22.3 Å². The van der Waals surface area contributed by atoms with Crippen LogP contribution in [0.5, 0.6) is 5.75 Å². The molecule has 6 heteroatoms. The van der Waals surface area contributed by atoms with Crippen LogP contribution in [0.15, 0.2) is 60.7 Å². The highest BCUT2D eigenvalue weighted by Gasteiger charge is 2.29. The first kappa shape index (κ1) is 20.6. The summed E-state index contributed by atoms with van der Waals surface area (Å²) in [6, 6.07) is 19.9. The maximum atomic E-state index is 13.1. The molecule has 0 aliphatic carbocycles. The van der Waals surface area contributed by atoms with Gasteiger partial charge in [-0.2, -0.15) is 0 Å². The number of hydrogen-bond donors (Lipinski definition) is 2. The van der Waals surface area contributed by atoms with Crippen LogP contribution in [0.25, 0.3) is 11.3 Å². The third-order valence-electron chi connectivity index (χ3n) is 5.68. The zero-order valence-electron chi connectivity index (χ0n) is 18.0. The maximum absolute atomic E-state index is 13.1. The van der Waals surface area contributed by atoms with Crippen molar-refractivity contribution in [1.29, 1.82) is 0 Å². The van der Waals surface area contributed by atoms with E-state index in [0.29, 0.717) is 17.2 Å². The molecule has 5 nitrogen and oxygen atoms in total. The Morgan fingerprint density at radius 1 is 1.09 bits per heavy atom. The van der Waals surface area contributed by atoms with Gasteiger partial charge in [0, 0.05) is 29.2 Å². The maximum Gasteiger partial charge on any atom is 0.258 e. The van der Waals surface area contributed by atoms with Gasteiger partial charge in [0.2, 0.25) is 0 Å². The van der Waals surface area contributed by atoms with Gasteiger partial charge in [0.25, 0.3) is 5.91 Å². The van der Waals surface area contributed by atoms with Gasteiger partial charge in [-0.05, 0) is 73.3 Å². The van der Waals surface area contributed by atoms with Crippen molar-refractivity contribution < 1.29 is 9.53 Å². The van der Waals surface area contributed by atoms with Crippen molar-refractivity contribution >= 4 is 40.2 Å². The van der Waals surface area contributed by atoms with Crippen molar-refractivity contribution in [3.63, 3.8) is 0 Å².